The number of rotatable bonds is 8. The molecule has 0 saturated carbocycles. The fraction of sp³-hybridized carbons (Fsp3) is 0.600. The van der Waals surface area contributed by atoms with Gasteiger partial charge in [0.15, 0.2) is 0 Å². The predicted octanol–water partition coefficient (Wildman–Crippen LogP) is 3.16. The van der Waals surface area contributed by atoms with Crippen LogP contribution in [0, 0.1) is 0 Å². The third kappa shape index (κ3) is 4.31. The monoisotopic (exact) mass is 251 g/mol. The molecule has 102 valence electrons. The maximum Gasteiger partial charge on any atom is 0.124 e. The molecule has 1 aromatic rings. The molecule has 2 atom stereocenters. The molecule has 0 saturated heterocycles. The van der Waals surface area contributed by atoms with E-state index >= 15 is 0 Å². The SMILES string of the molecule is CCNCC(OC(C)CC)c1ccccc1OC. The number of likely N-dealkylation sites (N-methyl/N-ethyl adjacent to an activating group) is 1. The fourth-order valence-electron chi connectivity index (χ4n) is 1.82. The summed E-state index contributed by atoms with van der Waals surface area (Å²) in [4.78, 5) is 0. The van der Waals surface area contributed by atoms with Crippen LogP contribution in [0.1, 0.15) is 38.9 Å². The number of benzene rings is 1. The Hall–Kier alpha value is -1.06. The summed E-state index contributed by atoms with van der Waals surface area (Å²) in [5.74, 6) is 0.892. The lowest BCUT2D eigenvalue weighted by molar-refractivity contribution is -0.00533. The minimum Gasteiger partial charge on any atom is -0.496 e. The lowest BCUT2D eigenvalue weighted by Gasteiger charge is -2.24. The van der Waals surface area contributed by atoms with Gasteiger partial charge in [0.05, 0.1) is 19.3 Å². The topological polar surface area (TPSA) is 30.5 Å². The number of para-hydroxylation sites is 1. The summed E-state index contributed by atoms with van der Waals surface area (Å²) in [5, 5.41) is 3.35. The van der Waals surface area contributed by atoms with E-state index in [2.05, 4.69) is 32.2 Å². The van der Waals surface area contributed by atoms with E-state index in [1.165, 1.54) is 0 Å². The zero-order chi connectivity index (χ0) is 13.4. The standard InChI is InChI=1S/C15H25NO2/c1-5-12(3)18-15(11-16-6-2)13-9-7-8-10-14(13)17-4/h7-10,12,15-16H,5-6,11H2,1-4H3. The molecule has 0 heterocycles. The number of nitrogens with one attached hydrogen (secondary N) is 1. The summed E-state index contributed by atoms with van der Waals surface area (Å²) < 4.78 is 11.5. The highest BCUT2D eigenvalue weighted by Crippen LogP contribution is 2.28. The first-order valence-electron chi connectivity index (χ1n) is 6.71. The zero-order valence-electron chi connectivity index (χ0n) is 11.9. The van der Waals surface area contributed by atoms with E-state index in [0.29, 0.717) is 0 Å². The van der Waals surface area contributed by atoms with Crippen molar-refractivity contribution in [2.75, 3.05) is 20.2 Å². The number of hydrogen-bond donors (Lipinski definition) is 1. The van der Waals surface area contributed by atoms with Gasteiger partial charge in [-0.1, -0.05) is 32.0 Å². The molecule has 0 radical (unpaired) electrons. The highest BCUT2D eigenvalue weighted by molar-refractivity contribution is 5.35. The number of ether oxygens (including phenoxy) is 2. The first-order valence-corrected chi connectivity index (χ1v) is 6.71. The van der Waals surface area contributed by atoms with Crippen LogP contribution in [0.5, 0.6) is 5.75 Å². The van der Waals surface area contributed by atoms with Gasteiger partial charge in [0.25, 0.3) is 0 Å². The highest BCUT2D eigenvalue weighted by Gasteiger charge is 2.18. The molecule has 0 aromatic heterocycles. The van der Waals surface area contributed by atoms with Crippen LogP contribution in [0.2, 0.25) is 0 Å². The molecule has 0 fully saturated rings. The predicted molar refractivity (Wildman–Crippen MR) is 75.1 cm³/mol. The van der Waals surface area contributed by atoms with Gasteiger partial charge < -0.3 is 14.8 Å². The maximum atomic E-state index is 6.09. The van der Waals surface area contributed by atoms with Crippen LogP contribution in [-0.4, -0.2) is 26.3 Å². The summed E-state index contributed by atoms with van der Waals surface area (Å²) >= 11 is 0. The van der Waals surface area contributed by atoms with E-state index in [9.17, 15) is 0 Å². The molecular formula is C15H25NO2. The molecule has 3 nitrogen and oxygen atoms in total. The molecule has 0 aliphatic rings. The molecule has 1 rings (SSSR count). The van der Waals surface area contributed by atoms with Crippen molar-refractivity contribution in [1.29, 1.82) is 0 Å². The maximum absolute atomic E-state index is 6.09. The van der Waals surface area contributed by atoms with Crippen LogP contribution in [0.15, 0.2) is 24.3 Å². The summed E-state index contributed by atoms with van der Waals surface area (Å²) in [6.07, 6.45) is 1.30. The molecular weight excluding hydrogens is 226 g/mol. The van der Waals surface area contributed by atoms with Crippen LogP contribution < -0.4 is 10.1 Å². The van der Waals surface area contributed by atoms with Gasteiger partial charge in [-0.3, -0.25) is 0 Å². The Morgan fingerprint density at radius 2 is 1.94 bits per heavy atom. The Kier molecular flexibility index (Phi) is 6.76. The van der Waals surface area contributed by atoms with Gasteiger partial charge in [-0.2, -0.15) is 0 Å². The van der Waals surface area contributed by atoms with E-state index in [1.807, 2.05) is 18.2 Å². The molecule has 2 unspecified atom stereocenters. The van der Waals surface area contributed by atoms with Crippen molar-refractivity contribution in [3.8, 4) is 5.75 Å². The fourth-order valence-corrected chi connectivity index (χ4v) is 1.82. The Morgan fingerprint density at radius 1 is 1.22 bits per heavy atom. The van der Waals surface area contributed by atoms with Crippen LogP contribution in [0.4, 0.5) is 0 Å². The second kappa shape index (κ2) is 8.11. The average molecular weight is 251 g/mol. The van der Waals surface area contributed by atoms with Crippen molar-refractivity contribution in [2.24, 2.45) is 0 Å². The first-order chi connectivity index (χ1) is 8.72. The van der Waals surface area contributed by atoms with Crippen molar-refractivity contribution in [3.05, 3.63) is 29.8 Å². The summed E-state index contributed by atoms with van der Waals surface area (Å²) in [6.45, 7) is 8.09. The van der Waals surface area contributed by atoms with E-state index in [0.717, 1.165) is 30.8 Å². The molecule has 1 aromatic carbocycles. The lowest BCUT2D eigenvalue weighted by Crippen LogP contribution is -2.26. The summed E-state index contributed by atoms with van der Waals surface area (Å²) in [7, 11) is 1.70. The van der Waals surface area contributed by atoms with Crippen molar-refractivity contribution in [2.45, 2.75) is 39.4 Å². The summed E-state index contributed by atoms with van der Waals surface area (Å²) in [6, 6.07) is 8.06. The number of methoxy groups -OCH3 is 1. The Morgan fingerprint density at radius 3 is 2.56 bits per heavy atom. The summed E-state index contributed by atoms with van der Waals surface area (Å²) in [5.41, 5.74) is 1.11. The first kappa shape index (κ1) is 15.0. The van der Waals surface area contributed by atoms with E-state index in [-0.39, 0.29) is 12.2 Å². The van der Waals surface area contributed by atoms with Crippen molar-refractivity contribution in [1.82, 2.24) is 5.32 Å². The van der Waals surface area contributed by atoms with Gasteiger partial charge in [0, 0.05) is 12.1 Å². The second-order valence-corrected chi connectivity index (χ2v) is 4.39. The van der Waals surface area contributed by atoms with Gasteiger partial charge in [-0.25, -0.2) is 0 Å². The quantitative estimate of drug-likeness (QED) is 0.770. The lowest BCUT2D eigenvalue weighted by atomic mass is 10.1. The smallest absolute Gasteiger partial charge is 0.124 e. The largest absolute Gasteiger partial charge is 0.496 e. The van der Waals surface area contributed by atoms with Crippen LogP contribution >= 0.6 is 0 Å². The zero-order valence-corrected chi connectivity index (χ0v) is 11.9. The average Bonchev–Trinajstić information content (AvgIpc) is 2.43. The minimum absolute atomic E-state index is 0.0380. The van der Waals surface area contributed by atoms with Gasteiger partial charge in [0.1, 0.15) is 5.75 Å². The third-order valence-electron chi connectivity index (χ3n) is 3.04. The van der Waals surface area contributed by atoms with Gasteiger partial charge in [-0.05, 0) is 26.0 Å². The Balaban J connectivity index is 2.85. The minimum atomic E-state index is 0.0380. The molecule has 0 amide bonds. The van der Waals surface area contributed by atoms with E-state index in [4.69, 9.17) is 9.47 Å². The van der Waals surface area contributed by atoms with Crippen LogP contribution in [0.25, 0.3) is 0 Å². The molecule has 0 bridgehead atoms. The Labute approximate surface area is 110 Å². The normalized spacial score (nSPS) is 14.2. The molecule has 0 aliphatic heterocycles. The molecule has 0 spiro atoms. The van der Waals surface area contributed by atoms with Gasteiger partial charge >= 0.3 is 0 Å². The van der Waals surface area contributed by atoms with Gasteiger partial charge in [0.2, 0.25) is 0 Å². The van der Waals surface area contributed by atoms with E-state index < -0.39 is 0 Å². The molecule has 18 heavy (non-hydrogen) atoms. The van der Waals surface area contributed by atoms with Crippen LogP contribution in [-0.2, 0) is 4.74 Å². The van der Waals surface area contributed by atoms with Gasteiger partial charge in [-0.15, -0.1) is 0 Å². The Bertz CT molecular complexity index is 341. The molecule has 0 aliphatic carbocycles. The van der Waals surface area contributed by atoms with Crippen molar-refractivity contribution >= 4 is 0 Å². The van der Waals surface area contributed by atoms with Crippen LogP contribution in [0.3, 0.4) is 0 Å². The van der Waals surface area contributed by atoms with Crippen molar-refractivity contribution in [3.63, 3.8) is 0 Å². The molecule has 3 heteroatoms. The molecule has 1 N–H and O–H groups in total. The third-order valence-corrected chi connectivity index (χ3v) is 3.04. The highest BCUT2D eigenvalue weighted by atomic mass is 16.5. The number of hydrogen-bond acceptors (Lipinski definition) is 3. The van der Waals surface area contributed by atoms with Crippen molar-refractivity contribution < 1.29 is 9.47 Å². The second-order valence-electron chi connectivity index (χ2n) is 4.39. The van der Waals surface area contributed by atoms with E-state index in [1.54, 1.807) is 7.11 Å².